The number of aromatic carboxylic acids is 1. The Morgan fingerprint density at radius 1 is 1.24 bits per heavy atom. The summed E-state index contributed by atoms with van der Waals surface area (Å²) in [5.74, 6) is -2.40. The Labute approximate surface area is 171 Å². The van der Waals surface area contributed by atoms with Gasteiger partial charge in [0.1, 0.15) is 5.57 Å². The maximum Gasteiger partial charge on any atom is 0.335 e. The summed E-state index contributed by atoms with van der Waals surface area (Å²) in [6.45, 7) is 2.09. The summed E-state index contributed by atoms with van der Waals surface area (Å²) < 4.78 is 5.31. The second-order valence-electron chi connectivity index (χ2n) is 5.97. The van der Waals surface area contributed by atoms with Crippen molar-refractivity contribution in [1.29, 1.82) is 0 Å². The van der Waals surface area contributed by atoms with Gasteiger partial charge in [0.05, 0.1) is 17.9 Å². The van der Waals surface area contributed by atoms with Crippen LogP contribution in [0.5, 0.6) is 11.5 Å². The van der Waals surface area contributed by atoms with E-state index >= 15 is 0 Å². The van der Waals surface area contributed by atoms with Crippen molar-refractivity contribution >= 4 is 46.9 Å². The van der Waals surface area contributed by atoms with E-state index in [1.165, 1.54) is 48.5 Å². The summed E-state index contributed by atoms with van der Waals surface area (Å²) in [5.41, 5.74) is 0.441. The average molecular weight is 412 g/mol. The number of phenolic OH excluding ortho intramolecular Hbond substituents is 1. The monoisotopic (exact) mass is 412 g/mol. The zero-order valence-electron chi connectivity index (χ0n) is 15.2. The molecule has 1 saturated heterocycles. The molecule has 0 radical (unpaired) electrons. The summed E-state index contributed by atoms with van der Waals surface area (Å²) in [4.78, 5) is 37.6. The van der Waals surface area contributed by atoms with Crippen LogP contribution in [0.3, 0.4) is 0 Å². The van der Waals surface area contributed by atoms with Crippen LogP contribution in [0.4, 0.5) is 5.69 Å². The summed E-state index contributed by atoms with van der Waals surface area (Å²) in [6.07, 6.45) is 1.34. The largest absolute Gasteiger partial charge is 0.504 e. The molecular weight excluding hydrogens is 396 g/mol. The Kier molecular flexibility index (Phi) is 5.60. The Bertz CT molecular complexity index is 1060. The van der Waals surface area contributed by atoms with Gasteiger partial charge >= 0.3 is 5.97 Å². The van der Waals surface area contributed by atoms with E-state index in [0.717, 1.165) is 4.90 Å². The number of hydrogen-bond donors (Lipinski definition) is 3. The normalized spacial score (nSPS) is 15.4. The second kappa shape index (κ2) is 8.11. The summed E-state index contributed by atoms with van der Waals surface area (Å²) in [7, 11) is 0. The van der Waals surface area contributed by atoms with Gasteiger partial charge in [0.2, 0.25) is 0 Å². The third-order valence-corrected chi connectivity index (χ3v) is 4.33. The Morgan fingerprint density at radius 2 is 2.00 bits per heavy atom. The molecule has 0 saturated carbocycles. The molecule has 0 bridgehead atoms. The molecule has 0 atom stereocenters. The number of carboxylic acid groups (broad SMARTS) is 1. The zero-order valence-corrected chi connectivity index (χ0v) is 16.0. The number of phenols is 1. The van der Waals surface area contributed by atoms with Crippen molar-refractivity contribution < 1.29 is 29.3 Å². The van der Waals surface area contributed by atoms with Gasteiger partial charge in [0.15, 0.2) is 16.6 Å². The molecular formula is C20H16N2O6S. The van der Waals surface area contributed by atoms with Gasteiger partial charge in [-0.3, -0.25) is 19.8 Å². The molecule has 1 heterocycles. The molecule has 3 rings (SSSR count). The number of anilines is 1. The maximum atomic E-state index is 13.0. The van der Waals surface area contributed by atoms with Crippen LogP contribution in [0, 0.1) is 0 Å². The van der Waals surface area contributed by atoms with Crippen LogP contribution < -0.4 is 15.0 Å². The third-order valence-electron chi connectivity index (χ3n) is 4.05. The number of hydrogen-bond acceptors (Lipinski definition) is 6. The van der Waals surface area contributed by atoms with Crippen LogP contribution in [-0.2, 0) is 9.59 Å². The number of aromatic hydroxyl groups is 1. The number of thiocarbonyl (C=S) groups is 1. The summed E-state index contributed by atoms with van der Waals surface area (Å²) >= 11 is 5.11. The Hall–Kier alpha value is -3.72. The Balaban J connectivity index is 2.01. The minimum absolute atomic E-state index is 0.0274. The van der Waals surface area contributed by atoms with E-state index in [2.05, 4.69) is 5.32 Å². The van der Waals surface area contributed by atoms with Gasteiger partial charge in [-0.15, -0.1) is 0 Å². The summed E-state index contributed by atoms with van der Waals surface area (Å²) in [6, 6.07) is 10.1. The first-order valence-corrected chi connectivity index (χ1v) is 8.93. The SMILES string of the molecule is CCOc1cc(C=C2C(=O)NC(=S)N(c3cccc(C(=O)O)c3)C2=O)ccc1O. The molecule has 0 spiro atoms. The standard InChI is InChI=1S/C20H16N2O6S/c1-2-28-16-9-11(6-7-15(16)23)8-14-17(24)21-20(29)22(18(14)25)13-5-3-4-12(10-13)19(26)27/h3-10,23H,2H2,1H3,(H,26,27)(H,21,24,29). The molecule has 0 unspecified atom stereocenters. The number of amides is 2. The van der Waals surface area contributed by atoms with E-state index in [-0.39, 0.29) is 33.4 Å². The molecule has 1 aliphatic heterocycles. The minimum Gasteiger partial charge on any atom is -0.504 e. The van der Waals surface area contributed by atoms with Gasteiger partial charge in [0, 0.05) is 0 Å². The first-order valence-electron chi connectivity index (χ1n) is 8.52. The number of carbonyl (C=O) groups excluding carboxylic acids is 2. The van der Waals surface area contributed by atoms with Crippen LogP contribution in [0.1, 0.15) is 22.8 Å². The predicted molar refractivity (Wildman–Crippen MR) is 109 cm³/mol. The lowest BCUT2D eigenvalue weighted by Gasteiger charge is -2.29. The van der Waals surface area contributed by atoms with Crippen molar-refractivity contribution in [3.05, 3.63) is 59.2 Å². The van der Waals surface area contributed by atoms with Crippen molar-refractivity contribution in [2.75, 3.05) is 11.5 Å². The van der Waals surface area contributed by atoms with Crippen LogP contribution in [0.25, 0.3) is 6.08 Å². The lowest BCUT2D eigenvalue weighted by atomic mass is 10.1. The highest BCUT2D eigenvalue weighted by molar-refractivity contribution is 7.80. The van der Waals surface area contributed by atoms with E-state index in [1.807, 2.05) is 0 Å². The number of rotatable bonds is 5. The highest BCUT2D eigenvalue weighted by atomic mass is 32.1. The number of carbonyl (C=O) groups is 3. The van der Waals surface area contributed by atoms with Gasteiger partial charge < -0.3 is 14.9 Å². The third kappa shape index (κ3) is 4.09. The van der Waals surface area contributed by atoms with Gasteiger partial charge in [-0.25, -0.2) is 4.79 Å². The number of nitrogens with one attached hydrogen (secondary N) is 1. The van der Waals surface area contributed by atoms with E-state index in [1.54, 1.807) is 6.92 Å². The van der Waals surface area contributed by atoms with Gasteiger partial charge in [-0.05, 0) is 61.1 Å². The maximum absolute atomic E-state index is 13.0. The van der Waals surface area contributed by atoms with Crippen molar-refractivity contribution in [1.82, 2.24) is 5.32 Å². The molecule has 0 aliphatic carbocycles. The van der Waals surface area contributed by atoms with Crippen molar-refractivity contribution in [3.63, 3.8) is 0 Å². The molecule has 2 aromatic rings. The number of ether oxygens (including phenoxy) is 1. The molecule has 29 heavy (non-hydrogen) atoms. The molecule has 9 heteroatoms. The molecule has 1 fully saturated rings. The summed E-state index contributed by atoms with van der Waals surface area (Å²) in [5, 5.41) is 21.3. The van der Waals surface area contributed by atoms with Gasteiger partial charge in [-0.2, -0.15) is 0 Å². The lowest BCUT2D eigenvalue weighted by Crippen LogP contribution is -2.54. The quantitative estimate of drug-likeness (QED) is 0.392. The van der Waals surface area contributed by atoms with Crippen molar-refractivity contribution in [2.45, 2.75) is 6.92 Å². The number of nitrogens with zero attached hydrogens (tertiary/aromatic N) is 1. The Morgan fingerprint density at radius 3 is 2.69 bits per heavy atom. The lowest BCUT2D eigenvalue weighted by molar-refractivity contribution is -0.122. The fourth-order valence-corrected chi connectivity index (χ4v) is 3.01. The molecule has 0 aromatic heterocycles. The predicted octanol–water partition coefficient (Wildman–Crippen LogP) is 2.32. The first-order chi connectivity index (χ1) is 13.8. The van der Waals surface area contributed by atoms with Crippen molar-refractivity contribution in [3.8, 4) is 11.5 Å². The van der Waals surface area contributed by atoms with Gasteiger partial charge in [0.25, 0.3) is 11.8 Å². The van der Waals surface area contributed by atoms with Crippen LogP contribution in [-0.4, -0.2) is 39.7 Å². The molecule has 3 N–H and O–H groups in total. The molecule has 2 aromatic carbocycles. The van der Waals surface area contributed by atoms with Gasteiger partial charge in [-0.1, -0.05) is 12.1 Å². The zero-order chi connectivity index (χ0) is 21.1. The second-order valence-corrected chi connectivity index (χ2v) is 6.36. The fraction of sp³-hybridized carbons (Fsp3) is 0.100. The smallest absolute Gasteiger partial charge is 0.335 e. The van der Waals surface area contributed by atoms with Crippen LogP contribution in [0.15, 0.2) is 48.0 Å². The van der Waals surface area contributed by atoms with Crippen molar-refractivity contribution in [2.24, 2.45) is 0 Å². The van der Waals surface area contributed by atoms with E-state index in [0.29, 0.717) is 12.2 Å². The van der Waals surface area contributed by atoms with E-state index in [9.17, 15) is 24.6 Å². The average Bonchev–Trinajstić information content (AvgIpc) is 2.68. The van der Waals surface area contributed by atoms with Crippen LogP contribution >= 0.6 is 12.2 Å². The topological polar surface area (TPSA) is 116 Å². The number of benzene rings is 2. The van der Waals surface area contributed by atoms with E-state index < -0.39 is 17.8 Å². The van der Waals surface area contributed by atoms with Crippen LogP contribution in [0.2, 0.25) is 0 Å². The highest BCUT2D eigenvalue weighted by Crippen LogP contribution is 2.29. The fourth-order valence-electron chi connectivity index (χ4n) is 2.73. The van der Waals surface area contributed by atoms with E-state index in [4.69, 9.17) is 17.0 Å². The number of carboxylic acids is 1. The minimum atomic E-state index is -1.16. The molecule has 1 aliphatic rings. The molecule has 8 nitrogen and oxygen atoms in total. The molecule has 2 amide bonds. The first kappa shape index (κ1) is 20.0. The highest BCUT2D eigenvalue weighted by Gasteiger charge is 2.34. The molecule has 148 valence electrons.